The van der Waals surface area contributed by atoms with E-state index in [9.17, 15) is 8.42 Å². The minimum atomic E-state index is -2.98. The van der Waals surface area contributed by atoms with Crippen molar-refractivity contribution in [3.05, 3.63) is 58.9 Å². The van der Waals surface area contributed by atoms with Gasteiger partial charge in [0.1, 0.15) is 17.0 Å². The maximum Gasteiger partial charge on any atom is 0.253 e. The maximum atomic E-state index is 11.9. The van der Waals surface area contributed by atoms with Crippen LogP contribution in [0.25, 0.3) is 22.7 Å². The molecule has 184 valence electrons. The molecule has 11 heteroatoms. The molecule has 1 atom stereocenters. The van der Waals surface area contributed by atoms with Gasteiger partial charge in [0.25, 0.3) is 5.89 Å². The molecule has 10 nitrogen and oxygen atoms in total. The summed E-state index contributed by atoms with van der Waals surface area (Å²) in [7, 11) is -1.01. The van der Waals surface area contributed by atoms with Gasteiger partial charge in [0, 0.05) is 23.4 Å². The average molecular weight is 497 g/mol. The van der Waals surface area contributed by atoms with Crippen LogP contribution in [0.3, 0.4) is 0 Å². The summed E-state index contributed by atoms with van der Waals surface area (Å²) in [5.41, 5.74) is 5.25. The predicted molar refractivity (Wildman–Crippen MR) is 129 cm³/mol. The van der Waals surface area contributed by atoms with Crippen molar-refractivity contribution in [2.75, 3.05) is 18.6 Å². The standard InChI is InChI=1S/C24H28N6O4S/c1-15-20(16(2)30(27-15)19-10-11-35(31,32)14-19)12-29(4)13-21-25-26-24(33-21)22-17(3)34-28-23(22)18-8-6-5-7-9-18/h5-9,19H,10-14H2,1-4H3/t19-/m0/s1. The summed E-state index contributed by atoms with van der Waals surface area (Å²) in [6, 6.07) is 9.64. The molecule has 35 heavy (non-hydrogen) atoms. The van der Waals surface area contributed by atoms with Gasteiger partial charge in [-0.25, -0.2) is 8.42 Å². The molecule has 5 rings (SSSR count). The van der Waals surface area contributed by atoms with Crippen LogP contribution in [0.5, 0.6) is 0 Å². The van der Waals surface area contributed by atoms with Crippen LogP contribution in [0.15, 0.2) is 39.3 Å². The number of benzene rings is 1. The molecule has 1 fully saturated rings. The van der Waals surface area contributed by atoms with Crippen LogP contribution >= 0.6 is 0 Å². The molecule has 3 aromatic heterocycles. The highest BCUT2D eigenvalue weighted by atomic mass is 32.2. The lowest BCUT2D eigenvalue weighted by molar-refractivity contribution is 0.281. The number of aryl methyl sites for hydroxylation is 2. The van der Waals surface area contributed by atoms with Gasteiger partial charge in [0.05, 0.1) is 29.8 Å². The summed E-state index contributed by atoms with van der Waals surface area (Å²) in [6.45, 7) is 6.85. The topological polar surface area (TPSA) is 120 Å². The predicted octanol–water partition coefficient (Wildman–Crippen LogP) is 3.50. The van der Waals surface area contributed by atoms with E-state index in [2.05, 4.69) is 25.4 Å². The Hall–Kier alpha value is -3.31. The van der Waals surface area contributed by atoms with E-state index in [0.717, 1.165) is 22.5 Å². The Morgan fingerprint density at radius 2 is 1.89 bits per heavy atom. The normalized spacial score (nSPS) is 17.5. The van der Waals surface area contributed by atoms with Gasteiger partial charge in [-0.2, -0.15) is 5.10 Å². The zero-order chi connectivity index (χ0) is 24.7. The van der Waals surface area contributed by atoms with E-state index in [1.165, 1.54) is 0 Å². The van der Waals surface area contributed by atoms with Gasteiger partial charge in [0.2, 0.25) is 5.89 Å². The zero-order valence-electron chi connectivity index (χ0n) is 20.2. The fourth-order valence-electron chi connectivity index (χ4n) is 4.64. The summed E-state index contributed by atoms with van der Waals surface area (Å²) in [5, 5.41) is 17.3. The van der Waals surface area contributed by atoms with Gasteiger partial charge < -0.3 is 8.94 Å². The molecule has 0 aliphatic carbocycles. The molecule has 0 bridgehead atoms. The highest BCUT2D eigenvalue weighted by Crippen LogP contribution is 2.33. The molecule has 1 aliphatic heterocycles. The molecule has 4 heterocycles. The Kier molecular flexibility index (Phi) is 6.06. The van der Waals surface area contributed by atoms with Crippen molar-refractivity contribution >= 4 is 9.84 Å². The van der Waals surface area contributed by atoms with Gasteiger partial charge in [0.15, 0.2) is 9.84 Å². The lowest BCUT2D eigenvalue weighted by atomic mass is 10.1. The number of rotatable bonds is 7. The largest absolute Gasteiger partial charge is 0.419 e. The van der Waals surface area contributed by atoms with E-state index < -0.39 is 9.84 Å². The van der Waals surface area contributed by atoms with Gasteiger partial charge >= 0.3 is 0 Å². The van der Waals surface area contributed by atoms with Crippen LogP contribution in [0.2, 0.25) is 0 Å². The first-order valence-electron chi connectivity index (χ1n) is 11.5. The summed E-state index contributed by atoms with van der Waals surface area (Å²) in [6.07, 6.45) is 0.609. The Bertz CT molecular complexity index is 1450. The van der Waals surface area contributed by atoms with Crippen LogP contribution in [0, 0.1) is 20.8 Å². The second kappa shape index (κ2) is 9.04. The molecule has 0 radical (unpaired) electrons. The van der Waals surface area contributed by atoms with Gasteiger partial charge in [-0.3, -0.25) is 9.58 Å². The second-order valence-electron chi connectivity index (χ2n) is 9.15. The second-order valence-corrected chi connectivity index (χ2v) is 11.4. The smallest absolute Gasteiger partial charge is 0.253 e. The van der Waals surface area contributed by atoms with Crippen LogP contribution in [-0.2, 0) is 22.9 Å². The molecular formula is C24H28N6O4S. The zero-order valence-corrected chi connectivity index (χ0v) is 21.0. The summed E-state index contributed by atoms with van der Waals surface area (Å²) >= 11 is 0. The van der Waals surface area contributed by atoms with E-state index in [4.69, 9.17) is 8.94 Å². The minimum absolute atomic E-state index is 0.0955. The SMILES string of the molecule is Cc1nn([C@H]2CCS(=O)(=O)C2)c(C)c1CN(C)Cc1nnc(-c2c(-c3ccccc3)noc2C)o1. The first-order valence-corrected chi connectivity index (χ1v) is 13.3. The fraction of sp³-hybridized carbons (Fsp3) is 0.417. The van der Waals surface area contributed by atoms with Crippen molar-refractivity contribution in [1.82, 2.24) is 30.0 Å². The number of nitrogens with zero attached hydrogens (tertiary/aromatic N) is 6. The number of sulfone groups is 1. The monoisotopic (exact) mass is 496 g/mol. The third-order valence-corrected chi connectivity index (χ3v) is 8.20. The summed E-state index contributed by atoms with van der Waals surface area (Å²) < 4.78 is 37.2. The lowest BCUT2D eigenvalue weighted by Gasteiger charge is -2.15. The van der Waals surface area contributed by atoms with Crippen molar-refractivity contribution in [2.24, 2.45) is 0 Å². The minimum Gasteiger partial charge on any atom is -0.419 e. The average Bonchev–Trinajstić information content (AvgIpc) is 3.58. The molecule has 0 unspecified atom stereocenters. The van der Waals surface area contributed by atoms with Gasteiger partial charge in [-0.1, -0.05) is 35.5 Å². The molecule has 0 N–H and O–H groups in total. The van der Waals surface area contributed by atoms with E-state index in [0.29, 0.717) is 48.3 Å². The number of hydrogen-bond acceptors (Lipinski definition) is 9. The summed E-state index contributed by atoms with van der Waals surface area (Å²) in [4.78, 5) is 2.07. The van der Waals surface area contributed by atoms with E-state index in [-0.39, 0.29) is 17.5 Å². The van der Waals surface area contributed by atoms with E-state index >= 15 is 0 Å². The highest BCUT2D eigenvalue weighted by Gasteiger charge is 2.31. The van der Waals surface area contributed by atoms with Crippen LogP contribution in [0.1, 0.15) is 41.1 Å². The van der Waals surface area contributed by atoms with Gasteiger partial charge in [-0.05, 0) is 34.2 Å². The Morgan fingerprint density at radius 3 is 2.60 bits per heavy atom. The Labute approximate surface area is 203 Å². The fourth-order valence-corrected chi connectivity index (χ4v) is 6.33. The molecule has 0 amide bonds. The molecule has 1 saturated heterocycles. The van der Waals surface area contributed by atoms with E-state index in [1.54, 1.807) is 0 Å². The maximum absolute atomic E-state index is 11.9. The quantitative estimate of drug-likeness (QED) is 0.378. The van der Waals surface area contributed by atoms with Crippen molar-refractivity contribution in [2.45, 2.75) is 46.3 Å². The van der Waals surface area contributed by atoms with Crippen LogP contribution < -0.4 is 0 Å². The van der Waals surface area contributed by atoms with Gasteiger partial charge in [-0.15, -0.1) is 10.2 Å². The first kappa shape index (κ1) is 23.4. The molecule has 4 aromatic rings. The van der Waals surface area contributed by atoms with Crippen molar-refractivity contribution in [3.8, 4) is 22.7 Å². The van der Waals surface area contributed by atoms with Crippen LogP contribution in [-0.4, -0.2) is 57.0 Å². The van der Waals surface area contributed by atoms with E-state index in [1.807, 2.05) is 62.8 Å². The number of hydrogen-bond donors (Lipinski definition) is 0. The molecule has 0 saturated carbocycles. The highest BCUT2D eigenvalue weighted by molar-refractivity contribution is 7.91. The molecule has 0 spiro atoms. The Balaban J connectivity index is 1.32. The van der Waals surface area contributed by atoms with Crippen molar-refractivity contribution < 1.29 is 17.4 Å². The van der Waals surface area contributed by atoms with Crippen molar-refractivity contribution in [3.63, 3.8) is 0 Å². The summed E-state index contributed by atoms with van der Waals surface area (Å²) in [5.74, 6) is 1.84. The Morgan fingerprint density at radius 1 is 1.11 bits per heavy atom. The first-order chi connectivity index (χ1) is 16.7. The van der Waals surface area contributed by atoms with Crippen LogP contribution in [0.4, 0.5) is 0 Å². The number of aromatic nitrogens is 5. The lowest BCUT2D eigenvalue weighted by Crippen LogP contribution is -2.19. The molecular weight excluding hydrogens is 468 g/mol. The third-order valence-electron chi connectivity index (χ3n) is 6.45. The third kappa shape index (κ3) is 4.65. The molecule has 1 aromatic carbocycles. The van der Waals surface area contributed by atoms with Crippen molar-refractivity contribution in [1.29, 1.82) is 0 Å². The molecule has 1 aliphatic rings.